The Morgan fingerprint density at radius 2 is 1.85 bits per heavy atom. The summed E-state index contributed by atoms with van der Waals surface area (Å²) < 4.78 is 26.8. The van der Waals surface area contributed by atoms with Gasteiger partial charge in [-0.05, 0) is 59.0 Å². The van der Waals surface area contributed by atoms with E-state index in [-0.39, 0.29) is 10.5 Å². The summed E-state index contributed by atoms with van der Waals surface area (Å²) in [6, 6.07) is 8.40. The lowest BCUT2D eigenvalue weighted by Crippen LogP contribution is -2.15. The van der Waals surface area contributed by atoms with Gasteiger partial charge in [0.15, 0.2) is 11.6 Å². The highest BCUT2D eigenvalue weighted by Crippen LogP contribution is 2.29. The summed E-state index contributed by atoms with van der Waals surface area (Å²) in [5, 5.41) is 0. The van der Waals surface area contributed by atoms with E-state index in [2.05, 4.69) is 22.0 Å². The number of aryl methyl sites for hydroxylation is 2. The molecule has 0 heterocycles. The summed E-state index contributed by atoms with van der Waals surface area (Å²) >= 11 is 3.08. The van der Waals surface area contributed by atoms with Crippen molar-refractivity contribution in [1.82, 2.24) is 0 Å². The topological polar surface area (TPSA) is 26.0 Å². The second-order valence-electron chi connectivity index (χ2n) is 5.01. The van der Waals surface area contributed by atoms with Crippen molar-refractivity contribution in [2.45, 2.75) is 26.3 Å². The van der Waals surface area contributed by atoms with E-state index < -0.39 is 11.6 Å². The Labute approximate surface area is 125 Å². The van der Waals surface area contributed by atoms with Crippen molar-refractivity contribution in [3.63, 3.8) is 0 Å². The van der Waals surface area contributed by atoms with Gasteiger partial charge in [0.1, 0.15) is 0 Å². The predicted molar refractivity (Wildman–Crippen MR) is 80.6 cm³/mol. The number of halogens is 3. The Balaban J connectivity index is 2.31. The molecule has 0 radical (unpaired) electrons. The van der Waals surface area contributed by atoms with E-state index in [0.717, 1.165) is 22.8 Å². The van der Waals surface area contributed by atoms with Crippen molar-refractivity contribution >= 4 is 15.9 Å². The van der Waals surface area contributed by atoms with Crippen LogP contribution in [-0.4, -0.2) is 0 Å². The highest BCUT2D eigenvalue weighted by Gasteiger charge is 2.17. The summed E-state index contributed by atoms with van der Waals surface area (Å²) in [4.78, 5) is 0. The van der Waals surface area contributed by atoms with E-state index in [1.807, 2.05) is 26.0 Å². The molecule has 0 spiro atoms. The second kappa shape index (κ2) is 6.02. The molecule has 0 saturated carbocycles. The van der Waals surface area contributed by atoms with E-state index in [1.165, 1.54) is 6.07 Å². The Morgan fingerprint density at radius 1 is 1.15 bits per heavy atom. The van der Waals surface area contributed by atoms with E-state index in [0.29, 0.717) is 12.0 Å². The van der Waals surface area contributed by atoms with Gasteiger partial charge >= 0.3 is 0 Å². The van der Waals surface area contributed by atoms with Gasteiger partial charge in [-0.1, -0.05) is 29.8 Å². The van der Waals surface area contributed by atoms with Gasteiger partial charge in [0, 0.05) is 6.04 Å². The normalized spacial score (nSPS) is 12.5. The molecule has 0 aliphatic heterocycles. The Kier molecular flexibility index (Phi) is 4.55. The molecule has 2 rings (SSSR count). The van der Waals surface area contributed by atoms with Crippen LogP contribution in [0.25, 0.3) is 0 Å². The molecule has 0 fully saturated rings. The quantitative estimate of drug-likeness (QED) is 0.813. The first-order valence-electron chi connectivity index (χ1n) is 6.35. The van der Waals surface area contributed by atoms with Gasteiger partial charge in [0.25, 0.3) is 0 Å². The van der Waals surface area contributed by atoms with Gasteiger partial charge < -0.3 is 5.73 Å². The van der Waals surface area contributed by atoms with Gasteiger partial charge in [-0.25, -0.2) is 8.78 Å². The lowest BCUT2D eigenvalue weighted by atomic mass is 9.95. The standard InChI is InChI=1S/C16H16BrF2N/c1-9-3-4-10(2)11(7-9)8-14(20)12-5-6-13(18)16(19)15(12)17/h3-7,14H,8,20H2,1-2H3. The first kappa shape index (κ1) is 15.1. The van der Waals surface area contributed by atoms with Crippen LogP contribution in [0.2, 0.25) is 0 Å². The zero-order valence-corrected chi connectivity index (χ0v) is 13.0. The summed E-state index contributed by atoms with van der Waals surface area (Å²) in [6.45, 7) is 4.03. The fourth-order valence-corrected chi connectivity index (χ4v) is 2.81. The van der Waals surface area contributed by atoms with Gasteiger partial charge in [-0.3, -0.25) is 0 Å². The molecule has 2 N–H and O–H groups in total. The molecule has 1 atom stereocenters. The van der Waals surface area contributed by atoms with Crippen molar-refractivity contribution in [3.05, 3.63) is 68.7 Å². The highest BCUT2D eigenvalue weighted by atomic mass is 79.9. The van der Waals surface area contributed by atoms with E-state index in [9.17, 15) is 8.78 Å². The zero-order valence-electron chi connectivity index (χ0n) is 11.4. The number of benzene rings is 2. The van der Waals surface area contributed by atoms with Crippen LogP contribution in [0.1, 0.15) is 28.3 Å². The third-order valence-corrected chi connectivity index (χ3v) is 4.21. The molecule has 0 aliphatic rings. The lowest BCUT2D eigenvalue weighted by molar-refractivity contribution is 0.500. The maximum Gasteiger partial charge on any atom is 0.173 e. The van der Waals surface area contributed by atoms with Crippen LogP contribution in [0.5, 0.6) is 0 Å². The van der Waals surface area contributed by atoms with Crippen LogP contribution in [0, 0.1) is 25.5 Å². The van der Waals surface area contributed by atoms with Crippen LogP contribution < -0.4 is 5.73 Å². The van der Waals surface area contributed by atoms with Crippen molar-refractivity contribution in [3.8, 4) is 0 Å². The summed E-state index contributed by atoms with van der Waals surface area (Å²) in [5.74, 6) is -1.77. The average Bonchev–Trinajstić information content (AvgIpc) is 2.40. The molecular weight excluding hydrogens is 324 g/mol. The van der Waals surface area contributed by atoms with Crippen LogP contribution in [0.4, 0.5) is 8.78 Å². The fraction of sp³-hybridized carbons (Fsp3) is 0.250. The maximum atomic E-state index is 13.6. The molecule has 0 amide bonds. The average molecular weight is 340 g/mol. The molecule has 1 nitrogen and oxygen atoms in total. The molecule has 0 aliphatic carbocycles. The summed E-state index contributed by atoms with van der Waals surface area (Å²) in [6.07, 6.45) is 0.581. The molecule has 2 aromatic carbocycles. The lowest BCUT2D eigenvalue weighted by Gasteiger charge is -2.16. The van der Waals surface area contributed by atoms with Crippen molar-refractivity contribution < 1.29 is 8.78 Å². The minimum Gasteiger partial charge on any atom is -0.324 e. The van der Waals surface area contributed by atoms with Gasteiger partial charge in [-0.15, -0.1) is 0 Å². The third-order valence-electron chi connectivity index (χ3n) is 3.41. The van der Waals surface area contributed by atoms with Gasteiger partial charge in [-0.2, -0.15) is 0 Å². The molecule has 4 heteroatoms. The van der Waals surface area contributed by atoms with Crippen LogP contribution in [-0.2, 0) is 6.42 Å². The minimum atomic E-state index is -0.890. The van der Waals surface area contributed by atoms with Gasteiger partial charge in [0.2, 0.25) is 0 Å². The van der Waals surface area contributed by atoms with Gasteiger partial charge in [0.05, 0.1) is 4.47 Å². The van der Waals surface area contributed by atoms with E-state index in [1.54, 1.807) is 0 Å². The summed E-state index contributed by atoms with van der Waals surface area (Å²) in [5.41, 5.74) is 10.1. The van der Waals surface area contributed by atoms with Crippen LogP contribution >= 0.6 is 15.9 Å². The molecular formula is C16H16BrF2N. The number of rotatable bonds is 3. The molecule has 2 aromatic rings. The molecule has 0 aromatic heterocycles. The molecule has 1 unspecified atom stereocenters. The predicted octanol–water partition coefficient (Wildman–Crippen LogP) is 4.59. The number of hydrogen-bond acceptors (Lipinski definition) is 1. The number of hydrogen-bond donors (Lipinski definition) is 1. The fourth-order valence-electron chi connectivity index (χ4n) is 2.19. The molecule has 0 bridgehead atoms. The third kappa shape index (κ3) is 3.07. The number of nitrogens with two attached hydrogens (primary N) is 1. The highest BCUT2D eigenvalue weighted by molar-refractivity contribution is 9.10. The Bertz CT molecular complexity index is 641. The maximum absolute atomic E-state index is 13.6. The zero-order chi connectivity index (χ0) is 14.9. The second-order valence-corrected chi connectivity index (χ2v) is 5.80. The first-order valence-corrected chi connectivity index (χ1v) is 7.14. The molecule has 20 heavy (non-hydrogen) atoms. The summed E-state index contributed by atoms with van der Waals surface area (Å²) in [7, 11) is 0. The van der Waals surface area contributed by atoms with Crippen molar-refractivity contribution in [1.29, 1.82) is 0 Å². The van der Waals surface area contributed by atoms with E-state index in [4.69, 9.17) is 5.73 Å². The van der Waals surface area contributed by atoms with Crippen LogP contribution in [0.3, 0.4) is 0 Å². The Morgan fingerprint density at radius 3 is 2.55 bits per heavy atom. The first-order chi connectivity index (χ1) is 9.40. The van der Waals surface area contributed by atoms with Crippen LogP contribution in [0.15, 0.2) is 34.8 Å². The minimum absolute atomic E-state index is 0.107. The smallest absolute Gasteiger partial charge is 0.173 e. The monoisotopic (exact) mass is 339 g/mol. The van der Waals surface area contributed by atoms with Crippen molar-refractivity contribution in [2.75, 3.05) is 0 Å². The SMILES string of the molecule is Cc1ccc(C)c(CC(N)c2ccc(F)c(F)c2Br)c1. The van der Waals surface area contributed by atoms with E-state index >= 15 is 0 Å². The Hall–Kier alpha value is -1.26. The molecule has 0 saturated heterocycles. The van der Waals surface area contributed by atoms with Crippen molar-refractivity contribution in [2.24, 2.45) is 5.73 Å². The molecule has 106 valence electrons. The largest absolute Gasteiger partial charge is 0.324 e.